The lowest BCUT2D eigenvalue weighted by Gasteiger charge is -2.36. The molecule has 0 aromatic heterocycles. The van der Waals surface area contributed by atoms with Gasteiger partial charge in [0.2, 0.25) is 0 Å². The summed E-state index contributed by atoms with van der Waals surface area (Å²) in [5, 5.41) is 15.3. The third kappa shape index (κ3) is 4.46. The fourth-order valence-electron chi connectivity index (χ4n) is 5.40. The second-order valence-corrected chi connectivity index (χ2v) is 9.46. The van der Waals surface area contributed by atoms with E-state index in [-0.39, 0.29) is 29.2 Å². The molecule has 1 heterocycles. The molecule has 0 radical (unpaired) electrons. The number of amides is 1. The number of aromatic hydroxyl groups is 1. The number of nitrogens with one attached hydrogen (secondary N) is 1. The zero-order chi connectivity index (χ0) is 22.7. The fraction of sp³-hybridized carbons (Fsp3) is 0.538. The Morgan fingerprint density at radius 1 is 1.16 bits per heavy atom. The average Bonchev–Trinajstić information content (AvgIpc) is 3.10. The first-order chi connectivity index (χ1) is 15.4. The molecule has 172 valence electrons. The predicted octanol–water partition coefficient (Wildman–Crippen LogP) is 4.25. The Bertz CT molecular complexity index is 985. The summed E-state index contributed by atoms with van der Waals surface area (Å²) < 4.78 is 5.42. The molecule has 2 fully saturated rings. The van der Waals surface area contributed by atoms with Crippen LogP contribution in [0, 0.1) is 5.92 Å². The number of esters is 1. The molecule has 2 atom stereocenters. The van der Waals surface area contributed by atoms with Crippen molar-refractivity contribution in [1.29, 1.82) is 0 Å². The molecule has 1 amide bonds. The van der Waals surface area contributed by atoms with Crippen molar-refractivity contribution < 1.29 is 19.4 Å². The van der Waals surface area contributed by atoms with Crippen LogP contribution in [0.3, 0.4) is 0 Å². The molecule has 0 spiro atoms. The largest absolute Gasteiger partial charge is 0.506 e. The van der Waals surface area contributed by atoms with E-state index >= 15 is 0 Å². The monoisotopic (exact) mass is 438 g/mol. The van der Waals surface area contributed by atoms with Crippen LogP contribution >= 0.6 is 0 Å². The number of carbonyl (C=O) groups excluding carboxylic acids is 2. The van der Waals surface area contributed by atoms with Crippen LogP contribution in [0.1, 0.15) is 62.7 Å². The smallest absolute Gasteiger partial charge is 0.326 e. The molecule has 1 saturated carbocycles. The molecule has 1 aliphatic heterocycles. The standard InChI is InChI=1S/C26H34N2O4/c1-3-32-25(31)26(2)15-20(17-28(26)16-18-9-5-4-6-10-18)27-24(30)22-14-13-19-11-7-8-12-21(19)23(22)29/h7-8,11-14,18,20,29H,3-6,9-10,15-17H2,1-2H3,(H,27,30)/t20-,26+/m1/s1. The SMILES string of the molecule is CCOC(=O)[C@]1(C)C[C@@H](NC(=O)c2ccc3ccccc3c2O)CN1CC1CCCCC1. The van der Waals surface area contributed by atoms with E-state index in [4.69, 9.17) is 4.74 Å². The predicted molar refractivity (Wildman–Crippen MR) is 125 cm³/mol. The van der Waals surface area contributed by atoms with Gasteiger partial charge in [-0.2, -0.15) is 0 Å². The van der Waals surface area contributed by atoms with Gasteiger partial charge in [0, 0.05) is 24.5 Å². The number of phenolic OH excluding ortho intramolecular Hbond substituents is 1. The summed E-state index contributed by atoms with van der Waals surface area (Å²) in [6.45, 7) is 5.55. The molecule has 2 aliphatic rings. The van der Waals surface area contributed by atoms with Crippen LogP contribution in [0.2, 0.25) is 0 Å². The first-order valence-corrected chi connectivity index (χ1v) is 11.9. The van der Waals surface area contributed by atoms with Crippen LogP contribution in [-0.4, -0.2) is 53.2 Å². The molecule has 2 aromatic carbocycles. The van der Waals surface area contributed by atoms with Gasteiger partial charge in [-0.05, 0) is 50.5 Å². The van der Waals surface area contributed by atoms with E-state index in [9.17, 15) is 14.7 Å². The highest BCUT2D eigenvalue weighted by Crippen LogP contribution is 2.35. The van der Waals surface area contributed by atoms with E-state index in [1.165, 1.54) is 32.1 Å². The van der Waals surface area contributed by atoms with Gasteiger partial charge in [0.05, 0.1) is 12.2 Å². The Hall–Kier alpha value is -2.60. The summed E-state index contributed by atoms with van der Waals surface area (Å²) in [6.07, 6.45) is 6.67. The van der Waals surface area contributed by atoms with Crippen molar-refractivity contribution in [2.45, 2.75) is 64.0 Å². The zero-order valence-corrected chi connectivity index (χ0v) is 19.1. The summed E-state index contributed by atoms with van der Waals surface area (Å²) in [6, 6.07) is 10.8. The summed E-state index contributed by atoms with van der Waals surface area (Å²) in [5.74, 6) is 0.0346. The normalized spacial score (nSPS) is 24.5. The molecule has 1 saturated heterocycles. The van der Waals surface area contributed by atoms with Crippen LogP contribution < -0.4 is 5.32 Å². The van der Waals surface area contributed by atoms with Gasteiger partial charge < -0.3 is 15.2 Å². The number of hydrogen-bond donors (Lipinski definition) is 2. The van der Waals surface area contributed by atoms with Crippen molar-refractivity contribution in [3.8, 4) is 5.75 Å². The van der Waals surface area contributed by atoms with Gasteiger partial charge in [0.1, 0.15) is 11.3 Å². The van der Waals surface area contributed by atoms with Gasteiger partial charge in [0.15, 0.2) is 0 Å². The molecular weight excluding hydrogens is 404 g/mol. The van der Waals surface area contributed by atoms with Gasteiger partial charge in [-0.25, -0.2) is 0 Å². The first kappa shape index (κ1) is 22.6. The maximum Gasteiger partial charge on any atom is 0.326 e. The van der Waals surface area contributed by atoms with E-state index in [0.717, 1.165) is 11.9 Å². The number of rotatable bonds is 6. The number of likely N-dealkylation sites (tertiary alicyclic amines) is 1. The third-order valence-electron chi connectivity index (χ3n) is 7.18. The molecule has 32 heavy (non-hydrogen) atoms. The number of fused-ring (bicyclic) bond motifs is 1. The van der Waals surface area contributed by atoms with E-state index in [1.807, 2.05) is 38.1 Å². The van der Waals surface area contributed by atoms with Gasteiger partial charge in [0.25, 0.3) is 5.91 Å². The van der Waals surface area contributed by atoms with Crippen LogP contribution in [0.4, 0.5) is 0 Å². The second-order valence-electron chi connectivity index (χ2n) is 9.46. The summed E-state index contributed by atoms with van der Waals surface area (Å²) >= 11 is 0. The number of carbonyl (C=O) groups is 2. The lowest BCUT2D eigenvalue weighted by molar-refractivity contribution is -0.155. The maximum atomic E-state index is 13.1. The van der Waals surface area contributed by atoms with Gasteiger partial charge in [-0.15, -0.1) is 0 Å². The van der Waals surface area contributed by atoms with Gasteiger partial charge in [-0.1, -0.05) is 49.6 Å². The van der Waals surface area contributed by atoms with Crippen molar-refractivity contribution in [3.05, 3.63) is 42.0 Å². The van der Waals surface area contributed by atoms with E-state index in [1.54, 1.807) is 12.1 Å². The first-order valence-electron chi connectivity index (χ1n) is 11.9. The average molecular weight is 439 g/mol. The Balaban J connectivity index is 1.51. The van der Waals surface area contributed by atoms with E-state index in [0.29, 0.717) is 30.9 Å². The quantitative estimate of drug-likeness (QED) is 0.659. The Labute approximate surface area is 189 Å². The molecule has 6 heteroatoms. The minimum Gasteiger partial charge on any atom is -0.506 e. The number of benzene rings is 2. The molecule has 4 rings (SSSR count). The molecule has 1 aliphatic carbocycles. The Morgan fingerprint density at radius 3 is 2.66 bits per heavy atom. The minimum atomic E-state index is -0.753. The van der Waals surface area contributed by atoms with E-state index < -0.39 is 5.54 Å². The van der Waals surface area contributed by atoms with Crippen molar-refractivity contribution in [2.24, 2.45) is 5.92 Å². The Kier molecular flexibility index (Phi) is 6.70. The highest BCUT2D eigenvalue weighted by Gasteiger charge is 2.49. The highest BCUT2D eigenvalue weighted by atomic mass is 16.5. The third-order valence-corrected chi connectivity index (χ3v) is 7.18. The van der Waals surface area contributed by atoms with Gasteiger partial charge >= 0.3 is 5.97 Å². The van der Waals surface area contributed by atoms with Crippen LogP contribution in [-0.2, 0) is 9.53 Å². The lowest BCUT2D eigenvalue weighted by atomic mass is 9.88. The zero-order valence-electron chi connectivity index (χ0n) is 19.1. The maximum absolute atomic E-state index is 13.1. The van der Waals surface area contributed by atoms with Crippen molar-refractivity contribution in [2.75, 3.05) is 19.7 Å². The number of hydrogen-bond acceptors (Lipinski definition) is 5. The topological polar surface area (TPSA) is 78.9 Å². The molecule has 0 unspecified atom stereocenters. The van der Waals surface area contributed by atoms with Crippen LogP contribution in [0.15, 0.2) is 36.4 Å². The Morgan fingerprint density at radius 2 is 1.91 bits per heavy atom. The van der Waals surface area contributed by atoms with Crippen LogP contribution in [0.5, 0.6) is 5.75 Å². The molecule has 6 nitrogen and oxygen atoms in total. The van der Waals surface area contributed by atoms with Gasteiger partial charge in [-0.3, -0.25) is 14.5 Å². The highest BCUT2D eigenvalue weighted by molar-refractivity contribution is 6.03. The second kappa shape index (κ2) is 9.49. The number of ether oxygens (including phenoxy) is 1. The molecular formula is C26H34N2O4. The molecule has 0 bridgehead atoms. The summed E-state index contributed by atoms with van der Waals surface area (Å²) in [4.78, 5) is 28.2. The lowest BCUT2D eigenvalue weighted by Crippen LogP contribution is -2.50. The number of phenols is 1. The van der Waals surface area contributed by atoms with Crippen molar-refractivity contribution in [3.63, 3.8) is 0 Å². The fourth-order valence-corrected chi connectivity index (χ4v) is 5.40. The molecule has 2 N–H and O–H groups in total. The van der Waals surface area contributed by atoms with E-state index in [2.05, 4.69) is 10.2 Å². The molecule has 2 aromatic rings. The van der Waals surface area contributed by atoms with Crippen molar-refractivity contribution in [1.82, 2.24) is 10.2 Å². The number of nitrogens with zero attached hydrogens (tertiary/aromatic N) is 1. The summed E-state index contributed by atoms with van der Waals surface area (Å²) in [5.41, 5.74) is -0.496. The van der Waals surface area contributed by atoms with Crippen LogP contribution in [0.25, 0.3) is 10.8 Å². The minimum absolute atomic E-state index is 0.00851. The van der Waals surface area contributed by atoms with Crippen molar-refractivity contribution >= 4 is 22.6 Å². The summed E-state index contributed by atoms with van der Waals surface area (Å²) in [7, 11) is 0.